The van der Waals surface area contributed by atoms with E-state index in [-0.39, 0.29) is 11.5 Å². The zero-order valence-corrected chi connectivity index (χ0v) is 14.7. The monoisotopic (exact) mass is 314 g/mol. The van der Waals surface area contributed by atoms with Crippen LogP contribution in [0.1, 0.15) is 58.4 Å². The van der Waals surface area contributed by atoms with Gasteiger partial charge in [-0.05, 0) is 75.0 Å². The van der Waals surface area contributed by atoms with Gasteiger partial charge in [-0.3, -0.25) is 0 Å². The van der Waals surface area contributed by atoms with Gasteiger partial charge in [0.15, 0.2) is 0 Å². The second kappa shape index (κ2) is 7.25. The molecule has 0 radical (unpaired) electrons. The van der Waals surface area contributed by atoms with Crippen LogP contribution in [-0.2, 0) is 6.42 Å². The first kappa shape index (κ1) is 17.7. The van der Waals surface area contributed by atoms with Gasteiger partial charge in [0.05, 0.1) is 0 Å². The maximum atomic E-state index is 9.83. The third-order valence-corrected chi connectivity index (χ3v) is 5.32. The molecular formula is C21H30O2. The average Bonchev–Trinajstić information content (AvgIpc) is 2.47. The van der Waals surface area contributed by atoms with Gasteiger partial charge >= 0.3 is 0 Å². The van der Waals surface area contributed by atoms with Gasteiger partial charge in [0, 0.05) is 5.56 Å². The summed E-state index contributed by atoms with van der Waals surface area (Å²) < 4.78 is 0. The smallest absolute Gasteiger partial charge is 0.119 e. The van der Waals surface area contributed by atoms with Gasteiger partial charge in [-0.15, -0.1) is 0 Å². The molecule has 0 heterocycles. The lowest BCUT2D eigenvalue weighted by molar-refractivity contribution is 0.180. The van der Waals surface area contributed by atoms with E-state index < -0.39 is 0 Å². The lowest BCUT2D eigenvalue weighted by Crippen LogP contribution is -2.29. The molecule has 126 valence electrons. The van der Waals surface area contributed by atoms with Crippen LogP contribution in [0.4, 0.5) is 0 Å². The molecule has 0 spiro atoms. The molecule has 2 nitrogen and oxygen atoms in total. The van der Waals surface area contributed by atoms with E-state index >= 15 is 0 Å². The van der Waals surface area contributed by atoms with Crippen LogP contribution in [0.25, 0.3) is 0 Å². The van der Waals surface area contributed by atoms with Crippen LogP contribution in [0, 0.1) is 11.3 Å². The van der Waals surface area contributed by atoms with E-state index in [4.69, 9.17) is 0 Å². The van der Waals surface area contributed by atoms with Gasteiger partial charge in [0.25, 0.3) is 0 Å². The highest BCUT2D eigenvalue weighted by Gasteiger charge is 2.33. The molecule has 1 aromatic rings. The predicted molar refractivity (Wildman–Crippen MR) is 96.7 cm³/mol. The molecule has 1 aliphatic carbocycles. The molecule has 1 atom stereocenters. The van der Waals surface area contributed by atoms with Crippen molar-refractivity contribution in [3.63, 3.8) is 0 Å². The van der Waals surface area contributed by atoms with Crippen molar-refractivity contribution >= 4 is 0 Å². The zero-order valence-electron chi connectivity index (χ0n) is 14.7. The average molecular weight is 314 g/mol. The first-order valence-corrected chi connectivity index (χ1v) is 8.64. The van der Waals surface area contributed by atoms with Crippen molar-refractivity contribution in [1.29, 1.82) is 0 Å². The molecule has 0 saturated heterocycles. The van der Waals surface area contributed by atoms with Crippen molar-refractivity contribution in [2.75, 3.05) is 0 Å². The Morgan fingerprint density at radius 1 is 1.35 bits per heavy atom. The fraction of sp³-hybridized carbons (Fsp3) is 0.524. The second-order valence-electron chi connectivity index (χ2n) is 7.66. The maximum Gasteiger partial charge on any atom is 0.119 e. The highest BCUT2D eigenvalue weighted by Crippen LogP contribution is 2.45. The molecule has 0 aliphatic heterocycles. The molecule has 2 heteroatoms. The maximum absolute atomic E-state index is 9.83. The molecule has 2 N–H and O–H groups in total. The van der Waals surface area contributed by atoms with E-state index in [1.165, 1.54) is 36.5 Å². The molecular weight excluding hydrogens is 284 g/mol. The lowest BCUT2D eigenvalue weighted by Gasteiger charge is -2.40. The highest BCUT2D eigenvalue weighted by molar-refractivity contribution is 5.39. The predicted octanol–water partition coefficient (Wildman–Crippen LogP) is 5.75. The van der Waals surface area contributed by atoms with Gasteiger partial charge in [-0.25, -0.2) is 0 Å². The quantitative estimate of drug-likeness (QED) is 0.536. The van der Waals surface area contributed by atoms with Crippen molar-refractivity contribution in [3.8, 4) is 11.5 Å². The fourth-order valence-corrected chi connectivity index (χ4v) is 3.76. The Bertz CT molecular complexity index is 596. The summed E-state index contributed by atoms with van der Waals surface area (Å²) in [6.07, 6.45) is 8.76. The third kappa shape index (κ3) is 4.63. The summed E-state index contributed by atoms with van der Waals surface area (Å²) in [6, 6.07) is 4.68. The Morgan fingerprint density at radius 2 is 2.09 bits per heavy atom. The summed E-state index contributed by atoms with van der Waals surface area (Å²) in [7, 11) is 0. The van der Waals surface area contributed by atoms with Crippen LogP contribution >= 0.6 is 0 Å². The van der Waals surface area contributed by atoms with Crippen molar-refractivity contribution in [2.45, 2.75) is 59.3 Å². The molecule has 2 rings (SSSR count). The molecule has 1 saturated carbocycles. The summed E-state index contributed by atoms with van der Waals surface area (Å²) in [5.41, 5.74) is 3.88. The van der Waals surface area contributed by atoms with Crippen LogP contribution in [0.3, 0.4) is 0 Å². The Balaban J connectivity index is 1.94. The molecule has 0 amide bonds. The number of phenols is 2. The van der Waals surface area contributed by atoms with Crippen LogP contribution in [0.15, 0.2) is 42.0 Å². The summed E-state index contributed by atoms with van der Waals surface area (Å²) in [6.45, 7) is 11.2. The van der Waals surface area contributed by atoms with Crippen molar-refractivity contribution in [3.05, 3.63) is 47.6 Å². The number of hydrogen-bond acceptors (Lipinski definition) is 2. The minimum atomic E-state index is 0.198. The Kier molecular flexibility index (Phi) is 5.56. The van der Waals surface area contributed by atoms with Gasteiger partial charge in [-0.2, -0.15) is 0 Å². The fourth-order valence-electron chi connectivity index (χ4n) is 3.76. The van der Waals surface area contributed by atoms with Crippen LogP contribution in [-0.4, -0.2) is 10.2 Å². The number of aromatic hydroxyl groups is 2. The number of benzene rings is 1. The van der Waals surface area contributed by atoms with Crippen LogP contribution < -0.4 is 0 Å². The molecule has 0 bridgehead atoms. The van der Waals surface area contributed by atoms with Gasteiger partial charge in [-0.1, -0.05) is 37.6 Å². The molecule has 23 heavy (non-hydrogen) atoms. The van der Waals surface area contributed by atoms with E-state index in [0.717, 1.165) is 18.4 Å². The van der Waals surface area contributed by atoms with E-state index in [1.54, 1.807) is 12.1 Å². The Morgan fingerprint density at radius 3 is 2.78 bits per heavy atom. The zero-order chi connectivity index (χ0) is 17.0. The normalized spacial score (nSPS) is 21.4. The number of hydrogen-bond donors (Lipinski definition) is 2. The van der Waals surface area contributed by atoms with E-state index in [2.05, 4.69) is 33.4 Å². The minimum absolute atomic E-state index is 0.198. The summed E-state index contributed by atoms with van der Waals surface area (Å²) in [5.74, 6) is 1.05. The van der Waals surface area contributed by atoms with Crippen molar-refractivity contribution < 1.29 is 10.2 Å². The van der Waals surface area contributed by atoms with E-state index in [9.17, 15) is 10.2 Å². The Labute approximate surface area is 140 Å². The van der Waals surface area contributed by atoms with Gasteiger partial charge < -0.3 is 10.2 Å². The highest BCUT2D eigenvalue weighted by atomic mass is 16.3. The third-order valence-electron chi connectivity index (χ3n) is 5.32. The number of allylic oxidation sites excluding steroid dienone is 3. The van der Waals surface area contributed by atoms with E-state index in [1.807, 2.05) is 0 Å². The minimum Gasteiger partial charge on any atom is -0.508 e. The van der Waals surface area contributed by atoms with Crippen molar-refractivity contribution in [1.82, 2.24) is 0 Å². The second-order valence-corrected chi connectivity index (χ2v) is 7.66. The summed E-state index contributed by atoms with van der Waals surface area (Å²) in [4.78, 5) is 0. The first-order valence-electron chi connectivity index (χ1n) is 8.64. The SMILES string of the molecule is C=C1CCCC(C)(C)[C@H]1CC/C(C)=C/Cc1cc(O)ccc1O. The lowest BCUT2D eigenvalue weighted by atomic mass is 9.65. The van der Waals surface area contributed by atoms with Crippen LogP contribution in [0.5, 0.6) is 11.5 Å². The standard InChI is InChI=1S/C21H30O2/c1-15(7-9-17-14-18(22)10-12-20(17)23)8-11-19-16(2)6-5-13-21(19,3)4/h7,10,12,14,19,22-23H,2,5-6,8-9,11,13H2,1,3-4H3/b15-7+/t19-/m0/s1. The largest absolute Gasteiger partial charge is 0.508 e. The first-order chi connectivity index (χ1) is 10.8. The molecule has 0 unspecified atom stereocenters. The summed E-state index contributed by atoms with van der Waals surface area (Å²) in [5, 5.41) is 19.4. The topological polar surface area (TPSA) is 40.5 Å². The van der Waals surface area contributed by atoms with Gasteiger partial charge in [0.1, 0.15) is 11.5 Å². The number of rotatable bonds is 5. The van der Waals surface area contributed by atoms with Crippen molar-refractivity contribution in [2.24, 2.45) is 11.3 Å². The molecule has 1 aromatic carbocycles. The molecule has 1 aliphatic rings. The Hall–Kier alpha value is -1.70. The number of phenolic OH excluding ortho intramolecular Hbond substituents is 2. The van der Waals surface area contributed by atoms with Gasteiger partial charge in [0.2, 0.25) is 0 Å². The molecule has 0 aromatic heterocycles. The summed E-state index contributed by atoms with van der Waals surface area (Å²) >= 11 is 0. The molecule has 1 fully saturated rings. The van der Waals surface area contributed by atoms with Crippen LogP contribution in [0.2, 0.25) is 0 Å². The van der Waals surface area contributed by atoms with E-state index in [0.29, 0.717) is 17.8 Å².